The van der Waals surface area contributed by atoms with E-state index in [1.165, 1.54) is 0 Å². The van der Waals surface area contributed by atoms with Gasteiger partial charge in [0.15, 0.2) is 5.11 Å². The molecular weight excluding hydrogens is 332 g/mol. The third-order valence-corrected chi connectivity index (χ3v) is 4.42. The van der Waals surface area contributed by atoms with Crippen molar-refractivity contribution in [2.45, 2.75) is 32.9 Å². The van der Waals surface area contributed by atoms with Crippen LogP contribution in [0.15, 0.2) is 42.6 Å². The van der Waals surface area contributed by atoms with Crippen LogP contribution in [0, 0.1) is 6.92 Å². The number of pyridine rings is 1. The fourth-order valence-corrected chi connectivity index (χ4v) is 2.98. The Hall–Kier alpha value is -2.47. The molecule has 2 N–H and O–H groups in total. The topological polar surface area (TPSA) is 57.3 Å². The average molecular weight is 354 g/mol. The van der Waals surface area contributed by atoms with E-state index in [1.807, 2.05) is 24.0 Å². The lowest BCUT2D eigenvalue weighted by Crippen LogP contribution is -2.28. The van der Waals surface area contributed by atoms with Crippen molar-refractivity contribution in [2.24, 2.45) is 0 Å². The normalized spacial score (nSPS) is 13.8. The minimum atomic E-state index is 0.256. The monoisotopic (exact) mass is 354 g/mol. The Balaban J connectivity index is 1.48. The highest BCUT2D eigenvalue weighted by Crippen LogP contribution is 2.14. The number of nitrogens with one attached hydrogen (secondary N) is 2. The third kappa shape index (κ3) is 5.00. The van der Waals surface area contributed by atoms with E-state index >= 15 is 0 Å². The van der Waals surface area contributed by atoms with Crippen molar-refractivity contribution < 1.29 is 4.79 Å². The van der Waals surface area contributed by atoms with Crippen LogP contribution < -0.4 is 10.6 Å². The van der Waals surface area contributed by atoms with E-state index in [1.54, 1.807) is 6.20 Å². The fraction of sp³-hybridized carbons (Fsp3) is 0.316. The number of hydrogen-bond donors (Lipinski definition) is 2. The zero-order valence-electron chi connectivity index (χ0n) is 14.3. The minimum Gasteiger partial charge on any atom is -0.358 e. The molecule has 5 nitrogen and oxygen atoms in total. The lowest BCUT2D eigenvalue weighted by atomic mass is 10.1. The summed E-state index contributed by atoms with van der Waals surface area (Å²) in [6, 6.07) is 12.2. The van der Waals surface area contributed by atoms with Crippen LogP contribution in [0.2, 0.25) is 0 Å². The molecule has 0 saturated carbocycles. The maximum Gasteiger partial charge on any atom is 0.222 e. The molecule has 2 aromatic rings. The molecular formula is C19H22N4OS. The number of nitrogens with zero attached hydrogens (tertiary/aromatic N) is 2. The predicted octanol–water partition coefficient (Wildman–Crippen LogP) is 3.00. The second kappa shape index (κ2) is 8.07. The smallest absolute Gasteiger partial charge is 0.222 e. The zero-order chi connectivity index (χ0) is 17.6. The Morgan fingerprint density at radius 2 is 2.00 bits per heavy atom. The largest absolute Gasteiger partial charge is 0.358 e. The summed E-state index contributed by atoms with van der Waals surface area (Å²) in [5, 5.41) is 6.81. The second-order valence-electron chi connectivity index (χ2n) is 6.26. The molecule has 1 aromatic carbocycles. The van der Waals surface area contributed by atoms with E-state index < -0.39 is 0 Å². The van der Waals surface area contributed by atoms with E-state index in [-0.39, 0.29) is 5.91 Å². The molecule has 1 aliphatic rings. The van der Waals surface area contributed by atoms with E-state index in [2.05, 4.69) is 39.9 Å². The summed E-state index contributed by atoms with van der Waals surface area (Å²) in [5.74, 6) is 0.995. The Kier molecular flexibility index (Phi) is 5.60. The Bertz CT molecular complexity index is 760. The Labute approximate surface area is 153 Å². The highest BCUT2D eigenvalue weighted by atomic mass is 32.1. The summed E-state index contributed by atoms with van der Waals surface area (Å²) in [7, 11) is 0. The van der Waals surface area contributed by atoms with Crippen LogP contribution >= 0.6 is 12.2 Å². The number of aromatic nitrogens is 1. The van der Waals surface area contributed by atoms with Gasteiger partial charge in [-0.2, -0.15) is 0 Å². The lowest BCUT2D eigenvalue weighted by molar-refractivity contribution is -0.128. The average Bonchev–Trinajstić information content (AvgIpc) is 2.99. The summed E-state index contributed by atoms with van der Waals surface area (Å²) in [5.41, 5.74) is 3.42. The van der Waals surface area contributed by atoms with Crippen LogP contribution in [0.1, 0.15) is 29.5 Å². The number of hydrogen-bond acceptors (Lipinski definition) is 3. The molecule has 0 bridgehead atoms. The number of benzene rings is 1. The highest BCUT2D eigenvalue weighted by molar-refractivity contribution is 7.80. The SMILES string of the molecule is Cc1ccnc(NC(=S)NCc2ccc(CN3CCCC3=O)cc2)c1. The Morgan fingerprint density at radius 3 is 2.68 bits per heavy atom. The van der Waals surface area contributed by atoms with Crippen molar-refractivity contribution in [3.05, 3.63) is 59.3 Å². The van der Waals surface area contributed by atoms with Gasteiger partial charge >= 0.3 is 0 Å². The molecule has 0 unspecified atom stereocenters. The first-order chi connectivity index (χ1) is 12.1. The number of likely N-dealkylation sites (tertiary alicyclic amines) is 1. The van der Waals surface area contributed by atoms with Gasteiger partial charge in [0.25, 0.3) is 0 Å². The Morgan fingerprint density at radius 1 is 1.24 bits per heavy atom. The molecule has 1 aromatic heterocycles. The highest BCUT2D eigenvalue weighted by Gasteiger charge is 2.19. The number of carbonyl (C=O) groups excluding carboxylic acids is 1. The van der Waals surface area contributed by atoms with Gasteiger partial charge < -0.3 is 15.5 Å². The summed E-state index contributed by atoms with van der Waals surface area (Å²) < 4.78 is 0. The van der Waals surface area contributed by atoms with E-state index in [0.29, 0.717) is 24.6 Å². The van der Waals surface area contributed by atoms with Crippen molar-refractivity contribution in [2.75, 3.05) is 11.9 Å². The van der Waals surface area contributed by atoms with Crippen LogP contribution in [-0.4, -0.2) is 27.4 Å². The van der Waals surface area contributed by atoms with Gasteiger partial charge in [-0.25, -0.2) is 4.98 Å². The molecule has 0 aliphatic carbocycles. The number of rotatable bonds is 5. The molecule has 1 aliphatic heterocycles. The van der Waals surface area contributed by atoms with Gasteiger partial charge in [-0.1, -0.05) is 24.3 Å². The third-order valence-electron chi connectivity index (χ3n) is 4.18. The van der Waals surface area contributed by atoms with Crippen LogP contribution in [-0.2, 0) is 17.9 Å². The van der Waals surface area contributed by atoms with Gasteiger partial charge in [-0.15, -0.1) is 0 Å². The van der Waals surface area contributed by atoms with Crippen molar-refractivity contribution in [1.82, 2.24) is 15.2 Å². The number of thiocarbonyl (C=S) groups is 1. The minimum absolute atomic E-state index is 0.256. The molecule has 6 heteroatoms. The molecule has 2 heterocycles. The van der Waals surface area contributed by atoms with Gasteiger partial charge in [0, 0.05) is 32.3 Å². The van der Waals surface area contributed by atoms with Gasteiger partial charge in [0.05, 0.1) is 0 Å². The number of amides is 1. The van der Waals surface area contributed by atoms with Gasteiger partial charge in [-0.3, -0.25) is 4.79 Å². The van der Waals surface area contributed by atoms with E-state index in [4.69, 9.17) is 12.2 Å². The molecule has 3 rings (SSSR count). The van der Waals surface area contributed by atoms with Gasteiger partial charge in [-0.05, 0) is 54.4 Å². The first-order valence-corrected chi connectivity index (χ1v) is 8.84. The second-order valence-corrected chi connectivity index (χ2v) is 6.67. The lowest BCUT2D eigenvalue weighted by Gasteiger charge is -2.16. The van der Waals surface area contributed by atoms with Crippen molar-refractivity contribution in [1.29, 1.82) is 0 Å². The van der Waals surface area contributed by atoms with Crippen LogP contribution in [0.3, 0.4) is 0 Å². The first kappa shape index (κ1) is 17.4. The molecule has 0 spiro atoms. The zero-order valence-corrected chi connectivity index (χ0v) is 15.1. The van der Waals surface area contributed by atoms with Crippen LogP contribution in [0.25, 0.3) is 0 Å². The van der Waals surface area contributed by atoms with Crippen molar-refractivity contribution in [3.63, 3.8) is 0 Å². The van der Waals surface area contributed by atoms with Crippen LogP contribution in [0.4, 0.5) is 5.82 Å². The quantitative estimate of drug-likeness (QED) is 0.809. The summed E-state index contributed by atoms with van der Waals surface area (Å²) >= 11 is 5.31. The molecule has 1 fully saturated rings. The molecule has 1 saturated heterocycles. The van der Waals surface area contributed by atoms with Crippen molar-refractivity contribution in [3.8, 4) is 0 Å². The van der Waals surface area contributed by atoms with Gasteiger partial charge in [0.2, 0.25) is 5.91 Å². The van der Waals surface area contributed by atoms with Crippen molar-refractivity contribution >= 4 is 29.1 Å². The fourth-order valence-electron chi connectivity index (χ4n) is 2.80. The van der Waals surface area contributed by atoms with Gasteiger partial charge in [0.1, 0.15) is 5.82 Å². The van der Waals surface area contributed by atoms with Crippen LogP contribution in [0.5, 0.6) is 0 Å². The molecule has 130 valence electrons. The maximum absolute atomic E-state index is 11.7. The summed E-state index contributed by atoms with van der Waals surface area (Å²) in [4.78, 5) is 17.8. The number of anilines is 1. The number of aryl methyl sites for hydroxylation is 1. The molecule has 0 radical (unpaired) electrons. The number of carbonyl (C=O) groups is 1. The van der Waals surface area contributed by atoms with E-state index in [0.717, 1.165) is 35.5 Å². The standard InChI is InChI=1S/C19H22N4OS/c1-14-8-9-20-17(11-14)22-19(25)21-12-15-4-6-16(7-5-15)13-23-10-2-3-18(23)24/h4-9,11H,2-3,10,12-13H2,1H3,(H2,20,21,22,25). The first-order valence-electron chi connectivity index (χ1n) is 8.43. The molecule has 25 heavy (non-hydrogen) atoms. The maximum atomic E-state index is 11.7. The predicted molar refractivity (Wildman–Crippen MR) is 103 cm³/mol. The summed E-state index contributed by atoms with van der Waals surface area (Å²) in [6.07, 6.45) is 3.41. The van der Waals surface area contributed by atoms with E-state index in [9.17, 15) is 4.79 Å². The molecule has 0 atom stereocenters. The molecule has 1 amide bonds. The summed E-state index contributed by atoms with van der Waals surface area (Å²) in [6.45, 7) is 4.22.